The van der Waals surface area contributed by atoms with Crippen LogP contribution in [0.2, 0.25) is 0 Å². The van der Waals surface area contributed by atoms with Crippen molar-refractivity contribution in [1.29, 1.82) is 0 Å². The maximum atomic E-state index is 14.2. The zero-order valence-corrected chi connectivity index (χ0v) is 29.5. The van der Waals surface area contributed by atoms with Crippen molar-refractivity contribution >= 4 is 52.9 Å². The summed E-state index contributed by atoms with van der Waals surface area (Å²) in [4.78, 5) is 78.5. The minimum absolute atomic E-state index is 0.0458. The van der Waals surface area contributed by atoms with E-state index in [0.29, 0.717) is 16.2 Å². The van der Waals surface area contributed by atoms with Gasteiger partial charge in [0, 0.05) is 23.9 Å². The number of amides is 5. The molecule has 0 fully saturated rings. The Kier molecular flexibility index (Phi) is 12.7. The van der Waals surface area contributed by atoms with E-state index in [0.717, 1.165) is 0 Å². The Morgan fingerprint density at radius 3 is 2.38 bits per heavy atom. The molecule has 17 heteroatoms. The quantitative estimate of drug-likeness (QED) is 0.108. The van der Waals surface area contributed by atoms with Crippen molar-refractivity contribution in [3.63, 3.8) is 0 Å². The monoisotopic (exact) mass is 725 g/mol. The van der Waals surface area contributed by atoms with Crippen LogP contribution < -0.4 is 35.2 Å². The average Bonchev–Trinajstić information content (AvgIpc) is 3.46. The molecule has 52 heavy (non-hydrogen) atoms. The molecule has 4 rings (SSSR count). The van der Waals surface area contributed by atoms with Crippen LogP contribution in [-0.4, -0.2) is 97.9 Å². The Morgan fingerprint density at radius 2 is 1.75 bits per heavy atom. The van der Waals surface area contributed by atoms with E-state index in [4.69, 9.17) is 14.2 Å². The van der Waals surface area contributed by atoms with Crippen LogP contribution in [0.1, 0.15) is 49.5 Å². The molecule has 0 saturated carbocycles. The van der Waals surface area contributed by atoms with Gasteiger partial charge in [0.1, 0.15) is 18.7 Å². The van der Waals surface area contributed by atoms with Crippen molar-refractivity contribution in [1.82, 2.24) is 10.6 Å². The molecule has 2 aliphatic rings. The standard InChI is InChI=1S/C35H43N5O12/c1-7-12-52-34(46)38-29(18(2)3)31(43)36-19(4)30(42)37-21-11-10-20-14-25-33(45)40(35(47)48)24-17-27(51-13-8-9-28(41)50-6)26(49-5)16-22(24)32(44)39(25)23(20)15-21/h7,10-11,15-19,25,29,33,45H,1,8-9,12-14H2,2-6H3,(H,36,43)(H,37,42)(H,38,46)(H,47,48)/t19-,25-,29-,33-/m0/s1. The van der Waals surface area contributed by atoms with Crippen molar-refractivity contribution in [3.8, 4) is 11.5 Å². The summed E-state index contributed by atoms with van der Waals surface area (Å²) < 4.78 is 20.8. The number of methoxy groups -OCH3 is 2. The molecule has 5 N–H and O–H groups in total. The van der Waals surface area contributed by atoms with Crippen LogP contribution in [0.4, 0.5) is 26.7 Å². The van der Waals surface area contributed by atoms with Gasteiger partial charge in [0.25, 0.3) is 5.91 Å². The van der Waals surface area contributed by atoms with Crippen molar-refractivity contribution in [2.24, 2.45) is 5.92 Å². The summed E-state index contributed by atoms with van der Waals surface area (Å²) in [5.41, 5.74) is 0.959. The number of ether oxygens (including phenoxy) is 4. The minimum atomic E-state index is -1.71. The predicted octanol–water partition coefficient (Wildman–Crippen LogP) is 2.80. The number of carbonyl (C=O) groups is 6. The summed E-state index contributed by atoms with van der Waals surface area (Å²) in [5, 5.41) is 29.5. The van der Waals surface area contributed by atoms with Crippen LogP contribution in [-0.2, 0) is 30.3 Å². The van der Waals surface area contributed by atoms with Crippen molar-refractivity contribution in [2.75, 3.05) is 42.5 Å². The normalized spacial score (nSPS) is 17.0. The van der Waals surface area contributed by atoms with Crippen LogP contribution in [0.15, 0.2) is 43.0 Å². The number of esters is 1. The molecule has 2 aromatic rings. The van der Waals surface area contributed by atoms with Crippen molar-refractivity contribution in [3.05, 3.63) is 54.1 Å². The number of nitrogens with one attached hydrogen (secondary N) is 3. The second-order valence-electron chi connectivity index (χ2n) is 12.4. The molecule has 280 valence electrons. The molecule has 0 unspecified atom stereocenters. The number of hydrogen-bond acceptors (Lipinski definition) is 11. The molecule has 0 spiro atoms. The third kappa shape index (κ3) is 8.54. The number of fused-ring (bicyclic) bond motifs is 4. The van der Waals surface area contributed by atoms with Gasteiger partial charge in [-0.15, -0.1) is 0 Å². The van der Waals surface area contributed by atoms with Crippen LogP contribution >= 0.6 is 0 Å². The van der Waals surface area contributed by atoms with E-state index < -0.39 is 60.2 Å². The summed E-state index contributed by atoms with van der Waals surface area (Å²) >= 11 is 0. The number of anilines is 3. The van der Waals surface area contributed by atoms with Gasteiger partial charge in [-0.25, -0.2) is 14.5 Å². The van der Waals surface area contributed by atoms with E-state index in [2.05, 4.69) is 27.3 Å². The molecule has 17 nitrogen and oxygen atoms in total. The Balaban J connectivity index is 1.57. The van der Waals surface area contributed by atoms with Gasteiger partial charge in [-0.05, 0) is 49.4 Å². The number of nitrogens with zero attached hydrogens (tertiary/aromatic N) is 2. The number of benzene rings is 2. The first kappa shape index (κ1) is 39.0. The molecule has 5 amide bonds. The highest BCUT2D eigenvalue weighted by Gasteiger charge is 2.47. The first-order chi connectivity index (χ1) is 24.7. The molecule has 0 aliphatic carbocycles. The van der Waals surface area contributed by atoms with Gasteiger partial charge in [-0.3, -0.25) is 24.1 Å². The maximum absolute atomic E-state index is 14.2. The SMILES string of the molecule is C=CCOC(=O)N[C@H](C(=O)N[C@@H](C)C(=O)Nc1ccc2c(c1)N1C(=O)c3cc(OC)c(OCCCC(=O)OC)cc3N(C(=O)O)[C@@H](O)[C@@H]1C2)C(C)C. The second-order valence-corrected chi connectivity index (χ2v) is 12.4. The third-order valence-corrected chi connectivity index (χ3v) is 8.50. The van der Waals surface area contributed by atoms with Crippen LogP contribution in [0.25, 0.3) is 0 Å². The fraction of sp³-hybridized carbons (Fsp3) is 0.429. The van der Waals surface area contributed by atoms with Gasteiger partial charge in [0.05, 0.1) is 38.1 Å². The van der Waals surface area contributed by atoms with E-state index in [1.807, 2.05) is 0 Å². The Bertz CT molecular complexity index is 1730. The lowest BCUT2D eigenvalue weighted by Gasteiger charge is -2.30. The van der Waals surface area contributed by atoms with Gasteiger partial charge in [-0.1, -0.05) is 32.6 Å². The Labute approximate surface area is 299 Å². The van der Waals surface area contributed by atoms with Crippen molar-refractivity contribution in [2.45, 2.75) is 64.4 Å². The van der Waals surface area contributed by atoms with Gasteiger partial charge in [0.15, 0.2) is 17.7 Å². The smallest absolute Gasteiger partial charge is 0.414 e. The minimum Gasteiger partial charge on any atom is -0.493 e. The zero-order valence-electron chi connectivity index (χ0n) is 29.5. The van der Waals surface area contributed by atoms with E-state index in [9.17, 15) is 39.0 Å². The summed E-state index contributed by atoms with van der Waals surface area (Å²) in [6.45, 7) is 8.36. The molecule has 2 heterocycles. The fourth-order valence-electron chi connectivity index (χ4n) is 5.84. The highest BCUT2D eigenvalue weighted by molar-refractivity contribution is 6.15. The first-order valence-corrected chi connectivity index (χ1v) is 16.5. The summed E-state index contributed by atoms with van der Waals surface area (Å²) in [6, 6.07) is 4.28. The molecule has 0 bridgehead atoms. The molecule has 0 radical (unpaired) electrons. The number of carbonyl (C=O) groups excluding carboxylic acids is 5. The number of aliphatic hydroxyl groups excluding tert-OH is 1. The van der Waals surface area contributed by atoms with E-state index in [1.54, 1.807) is 26.0 Å². The lowest BCUT2D eigenvalue weighted by atomic mass is 10.0. The summed E-state index contributed by atoms with van der Waals surface area (Å²) in [6.07, 6.45) is -2.20. The zero-order chi connectivity index (χ0) is 38.3. The lowest BCUT2D eigenvalue weighted by Crippen LogP contribution is -2.53. The van der Waals surface area contributed by atoms with Gasteiger partial charge in [-0.2, -0.15) is 0 Å². The van der Waals surface area contributed by atoms with Crippen LogP contribution in [0.5, 0.6) is 11.5 Å². The number of hydrogen-bond donors (Lipinski definition) is 5. The number of carboxylic acid groups (broad SMARTS) is 1. The highest BCUT2D eigenvalue weighted by Crippen LogP contribution is 2.44. The van der Waals surface area contributed by atoms with Crippen LogP contribution in [0, 0.1) is 5.92 Å². The van der Waals surface area contributed by atoms with Crippen molar-refractivity contribution < 1.29 is 57.9 Å². The number of aliphatic hydroxyl groups is 1. The molecule has 2 aliphatic heterocycles. The van der Waals surface area contributed by atoms with Gasteiger partial charge in [0.2, 0.25) is 11.8 Å². The Morgan fingerprint density at radius 1 is 1.02 bits per heavy atom. The second kappa shape index (κ2) is 16.9. The summed E-state index contributed by atoms with van der Waals surface area (Å²) in [5.74, 6) is -2.41. The number of rotatable bonds is 14. The van der Waals surface area contributed by atoms with Gasteiger partial charge < -0.3 is 45.1 Å². The first-order valence-electron chi connectivity index (χ1n) is 16.5. The van der Waals surface area contributed by atoms with Gasteiger partial charge >= 0.3 is 18.2 Å². The largest absolute Gasteiger partial charge is 0.493 e. The molecule has 2 aromatic carbocycles. The van der Waals surface area contributed by atoms with Crippen LogP contribution in [0.3, 0.4) is 0 Å². The summed E-state index contributed by atoms with van der Waals surface area (Å²) in [7, 11) is 2.61. The van der Waals surface area contributed by atoms with E-state index in [1.165, 1.54) is 50.3 Å². The molecule has 4 atom stereocenters. The number of alkyl carbamates (subject to hydrolysis) is 1. The molecular weight excluding hydrogens is 682 g/mol. The van der Waals surface area contributed by atoms with E-state index >= 15 is 0 Å². The Hall–Kier alpha value is -5.84. The average molecular weight is 726 g/mol. The molecule has 0 saturated heterocycles. The highest BCUT2D eigenvalue weighted by atomic mass is 16.5. The molecule has 0 aromatic heterocycles. The topological polar surface area (TPSA) is 222 Å². The fourth-order valence-corrected chi connectivity index (χ4v) is 5.84. The molecular formula is C35H43N5O12. The lowest BCUT2D eigenvalue weighted by molar-refractivity contribution is -0.140. The third-order valence-electron chi connectivity index (χ3n) is 8.50. The van der Waals surface area contributed by atoms with E-state index in [-0.39, 0.29) is 66.8 Å². The predicted molar refractivity (Wildman–Crippen MR) is 187 cm³/mol. The maximum Gasteiger partial charge on any atom is 0.414 e.